The molecule has 88 valence electrons. The largest absolute Gasteiger partial charge is 0.508 e. The third-order valence-corrected chi connectivity index (χ3v) is 4.76. The summed E-state index contributed by atoms with van der Waals surface area (Å²) in [5, 5.41) is 10.0. The Kier molecular flexibility index (Phi) is 4.16. The zero-order valence-corrected chi connectivity index (χ0v) is 10.7. The molecule has 0 aromatic heterocycles. The van der Waals surface area contributed by atoms with Gasteiger partial charge in [0.25, 0.3) is 0 Å². The second-order valence-electron chi connectivity index (χ2n) is 4.67. The van der Waals surface area contributed by atoms with E-state index in [9.17, 15) is 5.11 Å². The van der Waals surface area contributed by atoms with E-state index in [2.05, 4.69) is 6.92 Å². The SMILES string of the molecule is CCC1CCCC(Sc2ccc(O)cc2)C1. The fourth-order valence-electron chi connectivity index (χ4n) is 2.44. The van der Waals surface area contributed by atoms with E-state index < -0.39 is 0 Å². The number of hydrogen-bond acceptors (Lipinski definition) is 2. The van der Waals surface area contributed by atoms with E-state index in [4.69, 9.17) is 0 Å². The molecule has 0 radical (unpaired) electrons. The van der Waals surface area contributed by atoms with E-state index in [-0.39, 0.29) is 0 Å². The highest BCUT2D eigenvalue weighted by Gasteiger charge is 2.21. The van der Waals surface area contributed by atoms with Crippen molar-refractivity contribution in [2.75, 3.05) is 0 Å². The normalized spacial score (nSPS) is 25.6. The van der Waals surface area contributed by atoms with Crippen molar-refractivity contribution in [2.45, 2.75) is 49.2 Å². The molecule has 2 unspecified atom stereocenters. The van der Waals surface area contributed by atoms with Crippen LogP contribution in [0.1, 0.15) is 39.0 Å². The van der Waals surface area contributed by atoms with Crippen molar-refractivity contribution in [3.8, 4) is 5.75 Å². The summed E-state index contributed by atoms with van der Waals surface area (Å²) in [6, 6.07) is 7.61. The van der Waals surface area contributed by atoms with Gasteiger partial charge in [-0.15, -0.1) is 11.8 Å². The highest BCUT2D eigenvalue weighted by atomic mass is 32.2. The molecular formula is C14H20OS. The van der Waals surface area contributed by atoms with Crippen molar-refractivity contribution in [3.63, 3.8) is 0 Å². The monoisotopic (exact) mass is 236 g/mol. The van der Waals surface area contributed by atoms with Crippen LogP contribution in [0.2, 0.25) is 0 Å². The fraction of sp³-hybridized carbons (Fsp3) is 0.571. The number of phenolic OH excluding ortho intramolecular Hbond substituents is 1. The minimum atomic E-state index is 0.361. The lowest BCUT2D eigenvalue weighted by atomic mass is 9.87. The van der Waals surface area contributed by atoms with E-state index in [0.717, 1.165) is 11.2 Å². The molecule has 1 fully saturated rings. The van der Waals surface area contributed by atoms with Crippen molar-refractivity contribution in [3.05, 3.63) is 24.3 Å². The molecule has 0 heterocycles. The quantitative estimate of drug-likeness (QED) is 0.836. The van der Waals surface area contributed by atoms with Crippen molar-refractivity contribution in [1.29, 1.82) is 0 Å². The third kappa shape index (κ3) is 3.18. The van der Waals surface area contributed by atoms with Crippen LogP contribution in [0.5, 0.6) is 5.75 Å². The summed E-state index contributed by atoms with van der Waals surface area (Å²) in [5.74, 6) is 1.29. The van der Waals surface area contributed by atoms with Gasteiger partial charge in [0, 0.05) is 10.1 Å². The van der Waals surface area contributed by atoms with E-state index in [1.54, 1.807) is 12.1 Å². The van der Waals surface area contributed by atoms with Crippen LogP contribution in [0.15, 0.2) is 29.2 Å². The number of benzene rings is 1. The maximum Gasteiger partial charge on any atom is 0.115 e. The first-order valence-corrected chi connectivity index (χ1v) is 7.11. The minimum Gasteiger partial charge on any atom is -0.508 e. The predicted molar refractivity (Wildman–Crippen MR) is 70.0 cm³/mol. The molecular weight excluding hydrogens is 216 g/mol. The molecule has 2 atom stereocenters. The van der Waals surface area contributed by atoms with Gasteiger partial charge in [0.1, 0.15) is 5.75 Å². The van der Waals surface area contributed by atoms with Gasteiger partial charge in [0.2, 0.25) is 0 Å². The average Bonchev–Trinajstić information content (AvgIpc) is 2.32. The van der Waals surface area contributed by atoms with Gasteiger partial charge >= 0.3 is 0 Å². The Hall–Kier alpha value is -0.630. The summed E-state index contributed by atoms with van der Waals surface area (Å²) in [5.41, 5.74) is 0. The topological polar surface area (TPSA) is 20.2 Å². The first-order chi connectivity index (χ1) is 7.78. The number of thioether (sulfide) groups is 1. The highest BCUT2D eigenvalue weighted by Crippen LogP contribution is 2.37. The lowest BCUT2D eigenvalue weighted by molar-refractivity contribution is 0.357. The zero-order chi connectivity index (χ0) is 11.4. The summed E-state index contributed by atoms with van der Waals surface area (Å²) in [6.45, 7) is 2.30. The smallest absolute Gasteiger partial charge is 0.115 e. The molecule has 2 rings (SSSR count). The van der Waals surface area contributed by atoms with Crippen molar-refractivity contribution >= 4 is 11.8 Å². The van der Waals surface area contributed by atoms with Crippen molar-refractivity contribution < 1.29 is 5.11 Å². The molecule has 1 aromatic carbocycles. The first kappa shape index (κ1) is 11.8. The summed E-state index contributed by atoms with van der Waals surface area (Å²) in [6.07, 6.45) is 6.84. The van der Waals surface area contributed by atoms with Crippen LogP contribution in [0.3, 0.4) is 0 Å². The van der Waals surface area contributed by atoms with Crippen molar-refractivity contribution in [1.82, 2.24) is 0 Å². The molecule has 1 saturated carbocycles. The molecule has 0 amide bonds. The van der Waals surface area contributed by atoms with Gasteiger partial charge in [0.05, 0.1) is 0 Å². The maximum absolute atomic E-state index is 9.23. The van der Waals surface area contributed by atoms with Gasteiger partial charge in [-0.05, 0) is 43.0 Å². The first-order valence-electron chi connectivity index (χ1n) is 6.23. The number of hydrogen-bond donors (Lipinski definition) is 1. The average molecular weight is 236 g/mol. The lowest BCUT2D eigenvalue weighted by Crippen LogP contribution is -2.16. The van der Waals surface area contributed by atoms with Crippen LogP contribution < -0.4 is 0 Å². The van der Waals surface area contributed by atoms with Crippen molar-refractivity contribution in [2.24, 2.45) is 5.92 Å². The van der Waals surface area contributed by atoms with Crippen LogP contribution >= 0.6 is 11.8 Å². The predicted octanol–water partition coefficient (Wildman–Crippen LogP) is 4.45. The third-order valence-electron chi connectivity index (χ3n) is 3.45. The fourth-order valence-corrected chi connectivity index (χ4v) is 3.77. The highest BCUT2D eigenvalue weighted by molar-refractivity contribution is 8.00. The standard InChI is InChI=1S/C14H20OS/c1-2-11-4-3-5-14(10-11)16-13-8-6-12(15)7-9-13/h6-9,11,14-15H,2-5,10H2,1H3. The number of aromatic hydroxyl groups is 1. The van der Waals surface area contributed by atoms with Crippen LogP contribution in [0, 0.1) is 5.92 Å². The minimum absolute atomic E-state index is 0.361. The van der Waals surface area contributed by atoms with Crippen LogP contribution in [-0.2, 0) is 0 Å². The van der Waals surface area contributed by atoms with Gasteiger partial charge in [-0.25, -0.2) is 0 Å². The van der Waals surface area contributed by atoms with Gasteiger partial charge in [-0.2, -0.15) is 0 Å². The molecule has 1 aliphatic rings. The Bertz CT molecular complexity index is 320. The molecule has 0 saturated heterocycles. The second-order valence-corrected chi connectivity index (χ2v) is 6.05. The van der Waals surface area contributed by atoms with Gasteiger partial charge in [-0.1, -0.05) is 26.2 Å². The Labute approximate surface area is 102 Å². The Morgan fingerprint density at radius 3 is 2.69 bits per heavy atom. The zero-order valence-electron chi connectivity index (χ0n) is 9.86. The molecule has 16 heavy (non-hydrogen) atoms. The molecule has 1 aromatic rings. The van der Waals surface area contributed by atoms with Gasteiger partial charge < -0.3 is 5.11 Å². The van der Waals surface area contributed by atoms with Gasteiger partial charge in [-0.3, -0.25) is 0 Å². The Morgan fingerprint density at radius 1 is 1.25 bits per heavy atom. The van der Waals surface area contributed by atoms with E-state index in [0.29, 0.717) is 5.75 Å². The van der Waals surface area contributed by atoms with Crippen LogP contribution in [0.25, 0.3) is 0 Å². The van der Waals surface area contributed by atoms with Crippen LogP contribution in [-0.4, -0.2) is 10.4 Å². The van der Waals surface area contributed by atoms with E-state index in [1.165, 1.54) is 37.0 Å². The van der Waals surface area contributed by atoms with E-state index in [1.807, 2.05) is 23.9 Å². The Morgan fingerprint density at radius 2 is 2.00 bits per heavy atom. The van der Waals surface area contributed by atoms with Crippen LogP contribution in [0.4, 0.5) is 0 Å². The molecule has 1 nitrogen and oxygen atoms in total. The number of rotatable bonds is 3. The lowest BCUT2D eigenvalue weighted by Gasteiger charge is -2.27. The summed E-state index contributed by atoms with van der Waals surface area (Å²) >= 11 is 1.98. The summed E-state index contributed by atoms with van der Waals surface area (Å²) < 4.78 is 0. The molecule has 0 aliphatic heterocycles. The molecule has 1 aliphatic carbocycles. The number of phenols is 1. The Balaban J connectivity index is 1.91. The molecule has 0 spiro atoms. The van der Waals surface area contributed by atoms with E-state index >= 15 is 0 Å². The molecule has 0 bridgehead atoms. The summed E-state index contributed by atoms with van der Waals surface area (Å²) in [4.78, 5) is 1.29. The molecule has 2 heteroatoms. The second kappa shape index (κ2) is 5.62. The molecule has 1 N–H and O–H groups in total. The summed E-state index contributed by atoms with van der Waals surface area (Å²) in [7, 11) is 0. The maximum atomic E-state index is 9.23. The van der Waals surface area contributed by atoms with Gasteiger partial charge in [0.15, 0.2) is 0 Å².